The molecule has 1 aromatic heterocycles. The highest BCUT2D eigenvalue weighted by Gasteiger charge is 2.25. The molecule has 0 saturated carbocycles. The van der Waals surface area contributed by atoms with Crippen LogP contribution in [0.5, 0.6) is 0 Å². The first-order valence-electron chi connectivity index (χ1n) is 7.58. The molecule has 0 amide bonds. The van der Waals surface area contributed by atoms with Gasteiger partial charge in [-0.05, 0) is 40.0 Å². The van der Waals surface area contributed by atoms with Crippen LogP contribution in [0.15, 0.2) is 6.07 Å². The molecule has 5 heteroatoms. The van der Waals surface area contributed by atoms with E-state index < -0.39 is 0 Å². The number of nitrogens with one attached hydrogen (secondary N) is 1. The Morgan fingerprint density at radius 3 is 2.80 bits per heavy atom. The van der Waals surface area contributed by atoms with E-state index in [1.807, 2.05) is 7.05 Å². The average molecular weight is 277 g/mol. The molecule has 20 heavy (non-hydrogen) atoms. The number of aromatic nitrogens is 2. The normalized spacial score (nSPS) is 21.7. The van der Waals surface area contributed by atoms with E-state index in [-0.39, 0.29) is 6.04 Å². The van der Waals surface area contributed by atoms with Gasteiger partial charge in [-0.2, -0.15) is 0 Å². The Bertz CT molecular complexity index is 434. The molecular weight excluding hydrogens is 250 g/mol. The van der Waals surface area contributed by atoms with E-state index in [1.54, 1.807) is 0 Å². The topological polar surface area (TPSA) is 44.3 Å². The summed E-state index contributed by atoms with van der Waals surface area (Å²) in [6.07, 6.45) is 3.33. The molecule has 1 fully saturated rings. The zero-order chi connectivity index (χ0) is 14.5. The van der Waals surface area contributed by atoms with Crippen molar-refractivity contribution in [1.82, 2.24) is 19.8 Å². The molecule has 1 saturated heterocycles. The average Bonchev–Trinajstić information content (AvgIpc) is 2.60. The van der Waals surface area contributed by atoms with E-state index in [2.05, 4.69) is 42.2 Å². The fourth-order valence-corrected chi connectivity index (χ4v) is 2.73. The van der Waals surface area contributed by atoms with Crippen molar-refractivity contribution >= 4 is 5.82 Å². The molecule has 2 rings (SSSR count). The third-order valence-electron chi connectivity index (χ3n) is 3.92. The molecule has 1 aliphatic rings. The molecule has 0 spiro atoms. The Morgan fingerprint density at radius 1 is 1.30 bits per heavy atom. The van der Waals surface area contributed by atoms with E-state index in [1.165, 1.54) is 6.42 Å². The summed E-state index contributed by atoms with van der Waals surface area (Å²) in [6, 6.07) is 2.35. The van der Waals surface area contributed by atoms with Crippen molar-refractivity contribution in [3.8, 4) is 0 Å². The first-order valence-corrected chi connectivity index (χ1v) is 7.58. The number of aryl methyl sites for hydroxylation is 1. The number of hydrogen-bond acceptors (Lipinski definition) is 5. The van der Waals surface area contributed by atoms with Gasteiger partial charge in [0.1, 0.15) is 11.6 Å². The summed E-state index contributed by atoms with van der Waals surface area (Å²) in [5.74, 6) is 1.88. The smallest absolute Gasteiger partial charge is 0.149 e. The minimum absolute atomic E-state index is 0.284. The van der Waals surface area contributed by atoms with Gasteiger partial charge in [0.25, 0.3) is 0 Å². The van der Waals surface area contributed by atoms with Crippen LogP contribution in [0.4, 0.5) is 5.82 Å². The van der Waals surface area contributed by atoms with Crippen LogP contribution in [-0.2, 0) is 6.42 Å². The predicted octanol–water partition coefficient (Wildman–Crippen LogP) is 1.78. The lowest BCUT2D eigenvalue weighted by Crippen LogP contribution is -2.32. The molecule has 1 aromatic rings. The van der Waals surface area contributed by atoms with Crippen LogP contribution in [0, 0.1) is 0 Å². The minimum atomic E-state index is 0.284. The molecule has 5 nitrogen and oxygen atoms in total. The highest BCUT2D eigenvalue weighted by atomic mass is 15.2. The van der Waals surface area contributed by atoms with Gasteiger partial charge in [-0.15, -0.1) is 0 Å². The second-order valence-corrected chi connectivity index (χ2v) is 5.71. The lowest BCUT2D eigenvalue weighted by molar-refractivity contribution is 0.219. The van der Waals surface area contributed by atoms with E-state index >= 15 is 0 Å². The standard InChI is InChI=1S/C15H27N5/c1-5-7-12-10-14(16-2)18-15(17-12)13-11-19(3)8-6-9-20(13)4/h10,13H,5-9,11H2,1-4H3,(H,16,17,18). The third kappa shape index (κ3) is 3.67. The molecule has 0 radical (unpaired) electrons. The number of rotatable bonds is 4. The summed E-state index contributed by atoms with van der Waals surface area (Å²) >= 11 is 0. The Hall–Kier alpha value is -1.20. The molecule has 112 valence electrons. The van der Waals surface area contributed by atoms with Gasteiger partial charge >= 0.3 is 0 Å². The highest BCUT2D eigenvalue weighted by Crippen LogP contribution is 2.22. The van der Waals surface area contributed by atoms with E-state index in [0.717, 1.165) is 49.8 Å². The largest absolute Gasteiger partial charge is 0.373 e. The number of anilines is 1. The van der Waals surface area contributed by atoms with Gasteiger partial charge in [-0.1, -0.05) is 13.3 Å². The molecule has 1 unspecified atom stereocenters. The van der Waals surface area contributed by atoms with Crippen molar-refractivity contribution in [2.24, 2.45) is 0 Å². The first-order chi connectivity index (χ1) is 9.63. The van der Waals surface area contributed by atoms with Crippen LogP contribution in [0.25, 0.3) is 0 Å². The van der Waals surface area contributed by atoms with Crippen molar-refractivity contribution < 1.29 is 0 Å². The summed E-state index contributed by atoms with van der Waals surface area (Å²) in [5.41, 5.74) is 1.14. The second-order valence-electron chi connectivity index (χ2n) is 5.71. The van der Waals surface area contributed by atoms with E-state index in [4.69, 9.17) is 9.97 Å². The van der Waals surface area contributed by atoms with Crippen LogP contribution in [0.2, 0.25) is 0 Å². The number of likely N-dealkylation sites (N-methyl/N-ethyl adjacent to an activating group) is 2. The monoisotopic (exact) mass is 277 g/mol. The molecule has 0 aliphatic carbocycles. The number of nitrogens with zero attached hydrogens (tertiary/aromatic N) is 4. The summed E-state index contributed by atoms with van der Waals surface area (Å²) in [7, 11) is 6.28. The fraction of sp³-hybridized carbons (Fsp3) is 0.733. The van der Waals surface area contributed by atoms with Crippen molar-refractivity contribution in [3.05, 3.63) is 17.6 Å². The zero-order valence-electron chi connectivity index (χ0n) is 13.2. The number of hydrogen-bond donors (Lipinski definition) is 1. The van der Waals surface area contributed by atoms with Gasteiger partial charge in [-0.25, -0.2) is 9.97 Å². The Morgan fingerprint density at radius 2 is 2.10 bits per heavy atom. The summed E-state index contributed by atoms with van der Waals surface area (Å²) < 4.78 is 0. The van der Waals surface area contributed by atoms with E-state index in [0.29, 0.717) is 0 Å². The Balaban J connectivity index is 2.30. The molecule has 1 atom stereocenters. The maximum atomic E-state index is 4.80. The molecule has 1 N–H and O–H groups in total. The Kier molecular flexibility index (Phi) is 5.31. The van der Waals surface area contributed by atoms with Gasteiger partial charge in [0.05, 0.1) is 6.04 Å². The maximum absolute atomic E-state index is 4.80. The molecule has 1 aliphatic heterocycles. The lowest BCUT2D eigenvalue weighted by atomic mass is 10.2. The van der Waals surface area contributed by atoms with Gasteiger partial charge in [0.2, 0.25) is 0 Å². The molecule has 2 heterocycles. The third-order valence-corrected chi connectivity index (χ3v) is 3.92. The second kappa shape index (κ2) is 6.99. The SMILES string of the molecule is CCCc1cc(NC)nc(C2CN(C)CCCN2C)n1. The van der Waals surface area contributed by atoms with Gasteiger partial charge in [-0.3, -0.25) is 4.90 Å². The summed E-state index contributed by atoms with van der Waals surface area (Å²) in [4.78, 5) is 14.3. The summed E-state index contributed by atoms with van der Waals surface area (Å²) in [5, 5.41) is 3.16. The van der Waals surface area contributed by atoms with Crippen LogP contribution < -0.4 is 5.32 Å². The molecular formula is C15H27N5. The van der Waals surface area contributed by atoms with Crippen LogP contribution in [0.1, 0.15) is 37.3 Å². The van der Waals surface area contributed by atoms with Crippen LogP contribution in [-0.4, -0.2) is 60.5 Å². The van der Waals surface area contributed by atoms with Crippen LogP contribution in [0.3, 0.4) is 0 Å². The van der Waals surface area contributed by atoms with Crippen molar-refractivity contribution in [2.45, 2.75) is 32.2 Å². The van der Waals surface area contributed by atoms with Crippen LogP contribution >= 0.6 is 0 Å². The maximum Gasteiger partial charge on any atom is 0.149 e. The van der Waals surface area contributed by atoms with Gasteiger partial charge in [0.15, 0.2) is 0 Å². The quantitative estimate of drug-likeness (QED) is 0.909. The van der Waals surface area contributed by atoms with Crippen molar-refractivity contribution in [3.63, 3.8) is 0 Å². The van der Waals surface area contributed by atoms with Crippen molar-refractivity contribution in [1.29, 1.82) is 0 Å². The zero-order valence-corrected chi connectivity index (χ0v) is 13.2. The molecule has 0 aromatic carbocycles. The highest BCUT2D eigenvalue weighted by molar-refractivity contribution is 5.35. The summed E-state index contributed by atoms with van der Waals surface area (Å²) in [6.45, 7) is 5.43. The van der Waals surface area contributed by atoms with Crippen molar-refractivity contribution in [2.75, 3.05) is 46.1 Å². The first kappa shape index (κ1) is 15.2. The fourth-order valence-electron chi connectivity index (χ4n) is 2.73. The predicted molar refractivity (Wildman–Crippen MR) is 83.1 cm³/mol. The molecule has 0 bridgehead atoms. The lowest BCUT2D eigenvalue weighted by Gasteiger charge is -2.26. The Labute approximate surface area is 122 Å². The minimum Gasteiger partial charge on any atom is -0.373 e. The van der Waals surface area contributed by atoms with Gasteiger partial charge in [0, 0.05) is 25.4 Å². The van der Waals surface area contributed by atoms with E-state index in [9.17, 15) is 0 Å². The van der Waals surface area contributed by atoms with Gasteiger partial charge < -0.3 is 10.2 Å².